The van der Waals surface area contributed by atoms with Crippen LogP contribution in [0.4, 0.5) is 5.69 Å². The second-order valence-corrected chi connectivity index (χ2v) is 6.17. The van der Waals surface area contributed by atoms with Crippen LogP contribution in [0.1, 0.15) is 32.6 Å². The van der Waals surface area contributed by atoms with Gasteiger partial charge in [-0.1, -0.05) is 50.1 Å². The molecule has 0 bridgehead atoms. The van der Waals surface area contributed by atoms with Crippen LogP contribution in [0.5, 0.6) is 0 Å². The number of anilines is 1. The van der Waals surface area contributed by atoms with E-state index < -0.39 is 0 Å². The predicted octanol–water partition coefficient (Wildman–Crippen LogP) is 4.38. The Hall–Kier alpha value is -1.90. The van der Waals surface area contributed by atoms with Crippen molar-refractivity contribution >= 4 is 5.69 Å². The third-order valence-electron chi connectivity index (χ3n) is 4.41. The van der Waals surface area contributed by atoms with Gasteiger partial charge in [-0.15, -0.1) is 0 Å². The quantitative estimate of drug-likeness (QED) is 0.903. The summed E-state index contributed by atoms with van der Waals surface area (Å²) < 4.78 is 0. The molecule has 1 aromatic carbocycles. The molecule has 3 nitrogen and oxygen atoms in total. The Kier molecular flexibility index (Phi) is 4.49. The van der Waals surface area contributed by atoms with Gasteiger partial charge in [0.1, 0.15) is 0 Å². The summed E-state index contributed by atoms with van der Waals surface area (Å²) >= 11 is 0. The number of hydrogen-bond donors (Lipinski definition) is 1. The van der Waals surface area contributed by atoms with Gasteiger partial charge in [0.15, 0.2) is 5.82 Å². The molecular weight excluding hydrogens is 258 g/mol. The number of rotatable bonds is 4. The number of nitrogens with zero attached hydrogens (tertiary/aromatic N) is 2. The highest BCUT2D eigenvalue weighted by atomic mass is 14.9. The molecule has 3 rings (SSSR count). The molecule has 1 heterocycles. The fourth-order valence-electron chi connectivity index (χ4n) is 2.95. The van der Waals surface area contributed by atoms with Crippen molar-refractivity contribution in [2.24, 2.45) is 11.8 Å². The fourth-order valence-corrected chi connectivity index (χ4v) is 2.95. The maximum atomic E-state index is 4.45. The molecule has 1 aliphatic rings. The highest BCUT2D eigenvalue weighted by Crippen LogP contribution is 2.28. The molecular formula is C18H23N3. The van der Waals surface area contributed by atoms with Crippen molar-refractivity contribution in [3.8, 4) is 11.4 Å². The monoisotopic (exact) mass is 281 g/mol. The zero-order chi connectivity index (χ0) is 14.5. The van der Waals surface area contributed by atoms with E-state index in [1.807, 2.05) is 42.7 Å². The van der Waals surface area contributed by atoms with Crippen LogP contribution in [0.15, 0.2) is 42.7 Å². The SMILES string of the molecule is CC1CCC(CNc2cnc(-c3ccccc3)nc2)CC1. The van der Waals surface area contributed by atoms with Crippen molar-refractivity contribution in [1.82, 2.24) is 9.97 Å². The van der Waals surface area contributed by atoms with E-state index in [2.05, 4.69) is 22.2 Å². The number of nitrogens with one attached hydrogen (secondary N) is 1. The van der Waals surface area contributed by atoms with E-state index in [4.69, 9.17) is 0 Å². The molecule has 3 heteroatoms. The second kappa shape index (κ2) is 6.70. The number of benzene rings is 1. The van der Waals surface area contributed by atoms with Gasteiger partial charge in [0.2, 0.25) is 0 Å². The number of hydrogen-bond acceptors (Lipinski definition) is 3. The van der Waals surface area contributed by atoms with Crippen molar-refractivity contribution in [3.05, 3.63) is 42.7 Å². The molecule has 0 spiro atoms. The third-order valence-corrected chi connectivity index (χ3v) is 4.41. The lowest BCUT2D eigenvalue weighted by Gasteiger charge is -2.26. The van der Waals surface area contributed by atoms with Crippen molar-refractivity contribution in [2.75, 3.05) is 11.9 Å². The lowest BCUT2D eigenvalue weighted by Crippen LogP contribution is -2.20. The molecule has 1 aliphatic carbocycles. The summed E-state index contributed by atoms with van der Waals surface area (Å²) in [5.74, 6) is 2.50. The third kappa shape index (κ3) is 3.81. The van der Waals surface area contributed by atoms with Gasteiger partial charge in [-0.25, -0.2) is 9.97 Å². The van der Waals surface area contributed by atoms with Crippen LogP contribution in [0.3, 0.4) is 0 Å². The van der Waals surface area contributed by atoms with Crippen molar-refractivity contribution in [1.29, 1.82) is 0 Å². The largest absolute Gasteiger partial charge is 0.382 e. The zero-order valence-electron chi connectivity index (χ0n) is 12.6. The van der Waals surface area contributed by atoms with Gasteiger partial charge < -0.3 is 5.32 Å². The Bertz CT molecular complexity index is 542. The highest BCUT2D eigenvalue weighted by Gasteiger charge is 2.17. The first-order valence-electron chi connectivity index (χ1n) is 7.92. The Labute approximate surface area is 126 Å². The Morgan fingerprint density at radius 1 is 1.00 bits per heavy atom. The zero-order valence-corrected chi connectivity index (χ0v) is 12.6. The summed E-state index contributed by atoms with van der Waals surface area (Å²) in [6.45, 7) is 3.40. The van der Waals surface area contributed by atoms with E-state index >= 15 is 0 Å². The molecule has 0 unspecified atom stereocenters. The van der Waals surface area contributed by atoms with Crippen LogP contribution in [0, 0.1) is 11.8 Å². The standard InChI is InChI=1S/C18H23N3/c1-14-7-9-15(10-8-14)11-19-17-12-20-18(21-13-17)16-5-3-2-4-6-16/h2-6,12-15,19H,7-11H2,1H3. The van der Waals surface area contributed by atoms with Crippen LogP contribution < -0.4 is 5.32 Å². The first-order chi connectivity index (χ1) is 10.3. The van der Waals surface area contributed by atoms with E-state index in [1.54, 1.807) is 0 Å². The van der Waals surface area contributed by atoms with Gasteiger partial charge in [-0.05, 0) is 24.7 Å². The maximum Gasteiger partial charge on any atom is 0.159 e. The van der Waals surface area contributed by atoms with Crippen LogP contribution in [-0.2, 0) is 0 Å². The summed E-state index contributed by atoms with van der Waals surface area (Å²) in [5.41, 5.74) is 2.08. The lowest BCUT2D eigenvalue weighted by atomic mass is 9.83. The van der Waals surface area contributed by atoms with Crippen LogP contribution in [0.2, 0.25) is 0 Å². The van der Waals surface area contributed by atoms with E-state index in [1.165, 1.54) is 25.7 Å². The molecule has 0 radical (unpaired) electrons. The van der Waals surface area contributed by atoms with Crippen molar-refractivity contribution in [2.45, 2.75) is 32.6 Å². The molecule has 110 valence electrons. The van der Waals surface area contributed by atoms with Gasteiger partial charge in [-0.3, -0.25) is 0 Å². The molecule has 21 heavy (non-hydrogen) atoms. The first-order valence-corrected chi connectivity index (χ1v) is 7.92. The molecule has 1 fully saturated rings. The second-order valence-electron chi connectivity index (χ2n) is 6.17. The topological polar surface area (TPSA) is 37.8 Å². The molecule has 1 N–H and O–H groups in total. The summed E-state index contributed by atoms with van der Waals surface area (Å²) in [4.78, 5) is 8.90. The van der Waals surface area contributed by atoms with E-state index in [9.17, 15) is 0 Å². The maximum absolute atomic E-state index is 4.45. The average molecular weight is 281 g/mol. The Morgan fingerprint density at radius 3 is 2.33 bits per heavy atom. The summed E-state index contributed by atoms with van der Waals surface area (Å²) in [6, 6.07) is 10.1. The van der Waals surface area contributed by atoms with Crippen molar-refractivity contribution in [3.63, 3.8) is 0 Å². The molecule has 0 saturated heterocycles. The van der Waals surface area contributed by atoms with Gasteiger partial charge in [0.05, 0.1) is 18.1 Å². The Balaban J connectivity index is 1.55. The molecule has 1 saturated carbocycles. The molecule has 0 aliphatic heterocycles. The van der Waals surface area contributed by atoms with Gasteiger partial charge >= 0.3 is 0 Å². The highest BCUT2D eigenvalue weighted by molar-refractivity contribution is 5.55. The molecule has 1 aromatic heterocycles. The lowest BCUT2D eigenvalue weighted by molar-refractivity contribution is 0.300. The van der Waals surface area contributed by atoms with E-state index in [0.717, 1.165) is 35.5 Å². The van der Waals surface area contributed by atoms with E-state index in [-0.39, 0.29) is 0 Å². The minimum atomic E-state index is 0.785. The van der Waals surface area contributed by atoms with Crippen LogP contribution in [-0.4, -0.2) is 16.5 Å². The minimum absolute atomic E-state index is 0.785. The molecule has 0 amide bonds. The average Bonchev–Trinajstić information content (AvgIpc) is 2.56. The molecule has 2 aromatic rings. The van der Waals surface area contributed by atoms with Gasteiger partial charge in [-0.2, -0.15) is 0 Å². The van der Waals surface area contributed by atoms with E-state index in [0.29, 0.717) is 0 Å². The Morgan fingerprint density at radius 2 is 1.67 bits per heavy atom. The van der Waals surface area contributed by atoms with Crippen LogP contribution >= 0.6 is 0 Å². The smallest absolute Gasteiger partial charge is 0.159 e. The molecule has 0 atom stereocenters. The normalized spacial score (nSPS) is 22.0. The number of aromatic nitrogens is 2. The first kappa shape index (κ1) is 14.1. The van der Waals surface area contributed by atoms with Gasteiger partial charge in [0.25, 0.3) is 0 Å². The summed E-state index contributed by atoms with van der Waals surface area (Å²) in [5, 5.41) is 3.48. The summed E-state index contributed by atoms with van der Waals surface area (Å²) in [6.07, 6.45) is 9.21. The minimum Gasteiger partial charge on any atom is -0.382 e. The van der Waals surface area contributed by atoms with Gasteiger partial charge in [0, 0.05) is 12.1 Å². The fraction of sp³-hybridized carbons (Fsp3) is 0.444. The summed E-state index contributed by atoms with van der Waals surface area (Å²) in [7, 11) is 0. The van der Waals surface area contributed by atoms with Crippen molar-refractivity contribution < 1.29 is 0 Å². The predicted molar refractivity (Wildman–Crippen MR) is 87.1 cm³/mol. The van der Waals surface area contributed by atoms with Crippen LogP contribution in [0.25, 0.3) is 11.4 Å².